The fourth-order valence-corrected chi connectivity index (χ4v) is 2.29. The predicted molar refractivity (Wildman–Crippen MR) is 81.0 cm³/mol. The minimum atomic E-state index is 0.572. The molecule has 102 valence electrons. The standard InChI is InChI=1S/C17H18N2O/c1-13-6-4-5-7-16(13)19(2)12-14-8-9-17(20-3)15(10-14)11-18/h4-10H,12H2,1-3H3. The summed E-state index contributed by atoms with van der Waals surface area (Å²) in [5.41, 5.74) is 4.10. The third-order valence-electron chi connectivity index (χ3n) is 3.33. The molecule has 0 N–H and O–H groups in total. The Morgan fingerprint density at radius 1 is 1.20 bits per heavy atom. The largest absolute Gasteiger partial charge is 0.495 e. The number of benzene rings is 2. The van der Waals surface area contributed by atoms with Gasteiger partial charge in [-0.15, -0.1) is 0 Å². The van der Waals surface area contributed by atoms with Gasteiger partial charge >= 0.3 is 0 Å². The van der Waals surface area contributed by atoms with Crippen LogP contribution in [0.4, 0.5) is 5.69 Å². The zero-order valence-corrected chi connectivity index (χ0v) is 12.1. The van der Waals surface area contributed by atoms with Gasteiger partial charge in [0.25, 0.3) is 0 Å². The minimum absolute atomic E-state index is 0.572. The van der Waals surface area contributed by atoms with Crippen LogP contribution in [-0.4, -0.2) is 14.2 Å². The van der Waals surface area contributed by atoms with Crippen LogP contribution in [0.5, 0.6) is 5.75 Å². The maximum Gasteiger partial charge on any atom is 0.136 e. The quantitative estimate of drug-likeness (QED) is 0.849. The first kappa shape index (κ1) is 14.0. The second-order valence-corrected chi connectivity index (χ2v) is 4.79. The second-order valence-electron chi connectivity index (χ2n) is 4.79. The van der Waals surface area contributed by atoms with E-state index in [1.807, 2.05) is 30.3 Å². The molecule has 0 heterocycles. The highest BCUT2D eigenvalue weighted by Crippen LogP contribution is 2.23. The summed E-state index contributed by atoms with van der Waals surface area (Å²) in [5, 5.41) is 9.13. The number of nitrogens with zero attached hydrogens (tertiary/aromatic N) is 2. The van der Waals surface area contributed by atoms with Crippen molar-refractivity contribution >= 4 is 5.69 Å². The van der Waals surface area contributed by atoms with Crippen molar-refractivity contribution in [2.75, 3.05) is 19.1 Å². The summed E-state index contributed by atoms with van der Waals surface area (Å²) in [4.78, 5) is 2.18. The highest BCUT2D eigenvalue weighted by atomic mass is 16.5. The van der Waals surface area contributed by atoms with Crippen molar-refractivity contribution in [3.8, 4) is 11.8 Å². The van der Waals surface area contributed by atoms with E-state index in [1.165, 1.54) is 11.3 Å². The molecule has 0 aromatic heterocycles. The lowest BCUT2D eigenvalue weighted by molar-refractivity contribution is 0.413. The molecular weight excluding hydrogens is 248 g/mol. The number of hydrogen-bond acceptors (Lipinski definition) is 3. The molecule has 0 aliphatic rings. The Balaban J connectivity index is 2.22. The highest BCUT2D eigenvalue weighted by molar-refractivity contribution is 5.53. The number of hydrogen-bond donors (Lipinski definition) is 0. The molecule has 0 bridgehead atoms. The van der Waals surface area contributed by atoms with E-state index in [4.69, 9.17) is 10.00 Å². The molecule has 0 aliphatic carbocycles. The van der Waals surface area contributed by atoms with E-state index < -0.39 is 0 Å². The minimum Gasteiger partial charge on any atom is -0.495 e. The Kier molecular flexibility index (Phi) is 4.27. The molecule has 3 nitrogen and oxygen atoms in total. The van der Waals surface area contributed by atoms with Crippen molar-refractivity contribution in [1.82, 2.24) is 0 Å². The van der Waals surface area contributed by atoms with Crippen LogP contribution in [0.2, 0.25) is 0 Å². The fourth-order valence-electron chi connectivity index (χ4n) is 2.29. The van der Waals surface area contributed by atoms with E-state index in [-0.39, 0.29) is 0 Å². The third-order valence-corrected chi connectivity index (χ3v) is 3.33. The van der Waals surface area contributed by atoms with Crippen molar-refractivity contribution in [1.29, 1.82) is 5.26 Å². The Hall–Kier alpha value is -2.47. The van der Waals surface area contributed by atoms with E-state index in [9.17, 15) is 0 Å². The maximum absolute atomic E-state index is 9.13. The lowest BCUT2D eigenvalue weighted by atomic mass is 10.1. The van der Waals surface area contributed by atoms with Crippen LogP contribution >= 0.6 is 0 Å². The van der Waals surface area contributed by atoms with E-state index in [1.54, 1.807) is 7.11 Å². The number of para-hydroxylation sites is 1. The first-order valence-electron chi connectivity index (χ1n) is 6.49. The van der Waals surface area contributed by atoms with Gasteiger partial charge in [-0.1, -0.05) is 24.3 Å². The molecular formula is C17H18N2O. The molecule has 2 aromatic carbocycles. The number of aryl methyl sites for hydroxylation is 1. The molecule has 0 saturated heterocycles. The zero-order valence-electron chi connectivity index (χ0n) is 12.1. The van der Waals surface area contributed by atoms with Crippen molar-refractivity contribution < 1.29 is 4.74 Å². The molecule has 2 aromatic rings. The Bertz CT molecular complexity index is 644. The van der Waals surface area contributed by atoms with Gasteiger partial charge in [-0.3, -0.25) is 0 Å². The molecule has 0 amide bonds. The lowest BCUT2D eigenvalue weighted by Crippen LogP contribution is -2.17. The average molecular weight is 266 g/mol. The number of methoxy groups -OCH3 is 1. The first-order valence-corrected chi connectivity index (χ1v) is 6.49. The normalized spacial score (nSPS) is 9.90. The van der Waals surface area contributed by atoms with Crippen molar-refractivity contribution in [3.05, 3.63) is 59.2 Å². The molecule has 0 unspecified atom stereocenters. The van der Waals surface area contributed by atoms with Crippen LogP contribution in [0.1, 0.15) is 16.7 Å². The van der Waals surface area contributed by atoms with Crippen LogP contribution in [-0.2, 0) is 6.54 Å². The smallest absolute Gasteiger partial charge is 0.136 e. The molecule has 0 atom stereocenters. The van der Waals surface area contributed by atoms with Gasteiger partial charge in [0.2, 0.25) is 0 Å². The van der Waals surface area contributed by atoms with E-state index in [0.717, 1.165) is 12.1 Å². The second kappa shape index (κ2) is 6.12. The van der Waals surface area contributed by atoms with Gasteiger partial charge in [-0.05, 0) is 36.2 Å². The number of ether oxygens (including phenoxy) is 1. The summed E-state index contributed by atoms with van der Waals surface area (Å²) < 4.78 is 5.16. The van der Waals surface area contributed by atoms with Crippen LogP contribution in [0.15, 0.2) is 42.5 Å². The number of nitriles is 1. The van der Waals surface area contributed by atoms with Gasteiger partial charge in [0.15, 0.2) is 0 Å². The summed E-state index contributed by atoms with van der Waals surface area (Å²) in [6, 6.07) is 16.2. The number of anilines is 1. The fraction of sp³-hybridized carbons (Fsp3) is 0.235. The Morgan fingerprint density at radius 3 is 2.60 bits per heavy atom. The van der Waals surface area contributed by atoms with Crippen molar-refractivity contribution in [2.24, 2.45) is 0 Å². The van der Waals surface area contributed by atoms with Crippen LogP contribution < -0.4 is 9.64 Å². The Morgan fingerprint density at radius 2 is 1.95 bits per heavy atom. The topological polar surface area (TPSA) is 36.3 Å². The SMILES string of the molecule is COc1ccc(CN(C)c2ccccc2C)cc1C#N. The third kappa shape index (κ3) is 2.92. The van der Waals surface area contributed by atoms with E-state index in [2.05, 4.69) is 37.1 Å². The van der Waals surface area contributed by atoms with Crippen LogP contribution in [0.25, 0.3) is 0 Å². The molecule has 20 heavy (non-hydrogen) atoms. The molecule has 0 saturated carbocycles. The van der Waals surface area contributed by atoms with Gasteiger partial charge in [-0.25, -0.2) is 0 Å². The molecule has 0 spiro atoms. The molecule has 2 rings (SSSR count). The highest BCUT2D eigenvalue weighted by Gasteiger charge is 2.08. The summed E-state index contributed by atoms with van der Waals surface area (Å²) >= 11 is 0. The summed E-state index contributed by atoms with van der Waals surface area (Å²) in [5.74, 6) is 0.620. The molecule has 0 radical (unpaired) electrons. The molecule has 0 aliphatic heterocycles. The maximum atomic E-state index is 9.13. The first-order chi connectivity index (χ1) is 9.65. The van der Waals surface area contributed by atoms with Gasteiger partial charge in [-0.2, -0.15) is 5.26 Å². The van der Waals surface area contributed by atoms with Crippen LogP contribution in [0, 0.1) is 18.3 Å². The Labute approximate surface area is 120 Å². The van der Waals surface area contributed by atoms with Gasteiger partial charge < -0.3 is 9.64 Å². The summed E-state index contributed by atoms with van der Waals surface area (Å²) in [6.07, 6.45) is 0. The monoisotopic (exact) mass is 266 g/mol. The van der Waals surface area contributed by atoms with Gasteiger partial charge in [0, 0.05) is 19.3 Å². The predicted octanol–water partition coefficient (Wildman–Crippen LogP) is 3.51. The molecule has 3 heteroatoms. The summed E-state index contributed by atoms with van der Waals surface area (Å²) in [7, 11) is 3.63. The number of rotatable bonds is 4. The van der Waals surface area contributed by atoms with Gasteiger partial charge in [0.1, 0.15) is 11.8 Å². The van der Waals surface area contributed by atoms with Crippen molar-refractivity contribution in [3.63, 3.8) is 0 Å². The molecule has 0 fully saturated rings. The average Bonchev–Trinajstić information content (AvgIpc) is 2.47. The van der Waals surface area contributed by atoms with Crippen LogP contribution in [0.3, 0.4) is 0 Å². The van der Waals surface area contributed by atoms with E-state index >= 15 is 0 Å². The zero-order chi connectivity index (χ0) is 14.5. The van der Waals surface area contributed by atoms with Gasteiger partial charge in [0.05, 0.1) is 12.7 Å². The lowest BCUT2D eigenvalue weighted by Gasteiger charge is -2.21. The summed E-state index contributed by atoms with van der Waals surface area (Å²) in [6.45, 7) is 2.85. The van der Waals surface area contributed by atoms with E-state index in [0.29, 0.717) is 11.3 Å². The van der Waals surface area contributed by atoms with Crippen molar-refractivity contribution in [2.45, 2.75) is 13.5 Å².